The molecule has 0 aliphatic carbocycles. The molecule has 2 amide bonds. The molecular weight excluding hydrogens is 306 g/mol. The molecule has 2 heterocycles. The van der Waals surface area contributed by atoms with Crippen molar-refractivity contribution in [2.24, 2.45) is 0 Å². The average Bonchev–Trinajstić information content (AvgIpc) is 2.98. The van der Waals surface area contributed by atoms with Gasteiger partial charge in [-0.15, -0.1) is 0 Å². The normalized spacial score (nSPS) is 14.5. The minimum Gasteiger partial charge on any atom is -0.490 e. The number of hydrogen-bond acceptors (Lipinski definition) is 3. The molecule has 0 spiro atoms. The van der Waals surface area contributed by atoms with Crippen molar-refractivity contribution < 1.29 is 14.3 Å². The van der Waals surface area contributed by atoms with Crippen LogP contribution in [-0.4, -0.2) is 30.4 Å². The van der Waals surface area contributed by atoms with Gasteiger partial charge in [0.2, 0.25) is 0 Å². The third kappa shape index (κ3) is 4.22. The third-order valence-electron chi connectivity index (χ3n) is 3.94. The number of fused-ring (bicyclic) bond motifs is 1. The van der Waals surface area contributed by atoms with E-state index in [-0.39, 0.29) is 12.1 Å². The summed E-state index contributed by atoms with van der Waals surface area (Å²) >= 11 is 0. The molecular formula is C18H23N3O3. The summed E-state index contributed by atoms with van der Waals surface area (Å²) < 4.78 is 13.3. The van der Waals surface area contributed by atoms with Crippen molar-refractivity contribution in [3.8, 4) is 11.5 Å². The van der Waals surface area contributed by atoms with E-state index in [1.807, 2.05) is 54.2 Å². The van der Waals surface area contributed by atoms with E-state index in [1.54, 1.807) is 0 Å². The van der Waals surface area contributed by atoms with Gasteiger partial charge in [-0.2, -0.15) is 0 Å². The third-order valence-corrected chi connectivity index (χ3v) is 3.94. The molecule has 128 valence electrons. The van der Waals surface area contributed by atoms with Crippen LogP contribution in [0.15, 0.2) is 42.7 Å². The Labute approximate surface area is 141 Å². The van der Waals surface area contributed by atoms with Gasteiger partial charge >= 0.3 is 6.03 Å². The zero-order valence-corrected chi connectivity index (χ0v) is 13.8. The van der Waals surface area contributed by atoms with Crippen molar-refractivity contribution in [2.45, 2.75) is 25.9 Å². The fourth-order valence-electron chi connectivity index (χ4n) is 2.60. The fourth-order valence-corrected chi connectivity index (χ4v) is 2.60. The maximum absolute atomic E-state index is 12.0. The van der Waals surface area contributed by atoms with Crippen LogP contribution >= 0.6 is 0 Å². The van der Waals surface area contributed by atoms with Crippen LogP contribution in [0.3, 0.4) is 0 Å². The Morgan fingerprint density at radius 3 is 2.75 bits per heavy atom. The first-order valence-electron chi connectivity index (χ1n) is 8.27. The van der Waals surface area contributed by atoms with Gasteiger partial charge in [0, 0.05) is 31.9 Å². The number of hydrogen-bond donors (Lipinski definition) is 2. The van der Waals surface area contributed by atoms with Crippen LogP contribution in [0.5, 0.6) is 11.5 Å². The van der Waals surface area contributed by atoms with Crippen molar-refractivity contribution >= 4 is 6.03 Å². The minimum absolute atomic E-state index is 0.117. The predicted octanol–water partition coefficient (Wildman–Crippen LogP) is 2.71. The summed E-state index contributed by atoms with van der Waals surface area (Å²) in [6.07, 6.45) is 4.82. The molecule has 24 heavy (non-hydrogen) atoms. The molecule has 1 aromatic carbocycles. The quantitative estimate of drug-likeness (QED) is 0.886. The molecule has 0 bridgehead atoms. The van der Waals surface area contributed by atoms with Crippen LogP contribution in [0, 0.1) is 0 Å². The van der Waals surface area contributed by atoms with E-state index < -0.39 is 0 Å². The lowest BCUT2D eigenvalue weighted by atomic mass is 10.1. The van der Waals surface area contributed by atoms with Gasteiger partial charge in [0.1, 0.15) is 0 Å². The van der Waals surface area contributed by atoms with E-state index in [2.05, 4.69) is 10.6 Å². The molecule has 0 radical (unpaired) electrons. The number of carbonyl (C=O) groups excluding carboxylic acids is 1. The number of urea groups is 1. The molecule has 3 rings (SSSR count). The second-order valence-electron chi connectivity index (χ2n) is 5.80. The Balaban J connectivity index is 1.51. The highest BCUT2D eigenvalue weighted by atomic mass is 16.5. The largest absolute Gasteiger partial charge is 0.490 e. The fraction of sp³-hybridized carbons (Fsp3) is 0.389. The molecule has 2 N–H and O–H groups in total. The van der Waals surface area contributed by atoms with E-state index in [4.69, 9.17) is 9.47 Å². The Morgan fingerprint density at radius 2 is 1.96 bits per heavy atom. The first kappa shape index (κ1) is 16.2. The summed E-state index contributed by atoms with van der Waals surface area (Å²) in [4.78, 5) is 12.0. The molecule has 0 fully saturated rings. The van der Waals surface area contributed by atoms with Crippen molar-refractivity contribution in [3.05, 3.63) is 48.3 Å². The molecule has 0 unspecified atom stereocenters. The topological polar surface area (TPSA) is 64.5 Å². The summed E-state index contributed by atoms with van der Waals surface area (Å²) in [5.74, 6) is 1.51. The monoisotopic (exact) mass is 329 g/mol. The number of carbonyl (C=O) groups is 1. The van der Waals surface area contributed by atoms with Crippen LogP contribution in [0.4, 0.5) is 4.79 Å². The molecule has 6 nitrogen and oxygen atoms in total. The Morgan fingerprint density at radius 1 is 1.21 bits per heavy atom. The van der Waals surface area contributed by atoms with Crippen molar-refractivity contribution in [3.63, 3.8) is 0 Å². The predicted molar refractivity (Wildman–Crippen MR) is 91.4 cm³/mol. The zero-order valence-electron chi connectivity index (χ0n) is 13.8. The standard InChI is InChI=1S/C18H23N3O3/c1-14(20-18(22)19-7-10-21-8-2-3-9-21)15-5-6-16-17(13-15)24-12-4-11-23-16/h2-3,5-6,8-9,13-14H,4,7,10-12H2,1H3,(H2,19,20,22)/t14-/m0/s1. The smallest absolute Gasteiger partial charge is 0.315 e. The van der Waals surface area contributed by atoms with E-state index in [9.17, 15) is 4.79 Å². The maximum Gasteiger partial charge on any atom is 0.315 e. The number of aromatic nitrogens is 1. The van der Waals surface area contributed by atoms with E-state index >= 15 is 0 Å². The second-order valence-corrected chi connectivity index (χ2v) is 5.80. The summed E-state index contributed by atoms with van der Waals surface area (Å²) in [6, 6.07) is 9.43. The molecule has 2 aromatic rings. The maximum atomic E-state index is 12.0. The van der Waals surface area contributed by atoms with E-state index in [0.29, 0.717) is 19.8 Å². The summed E-state index contributed by atoms with van der Waals surface area (Å²) in [5, 5.41) is 5.81. The number of benzene rings is 1. The Bertz CT molecular complexity index is 670. The molecule has 0 saturated carbocycles. The number of amides is 2. The number of ether oxygens (including phenoxy) is 2. The van der Waals surface area contributed by atoms with Gasteiger partial charge in [-0.25, -0.2) is 4.79 Å². The van der Waals surface area contributed by atoms with Crippen LogP contribution < -0.4 is 20.1 Å². The van der Waals surface area contributed by atoms with Crippen LogP contribution in [-0.2, 0) is 6.54 Å². The molecule has 1 aromatic heterocycles. The lowest BCUT2D eigenvalue weighted by Crippen LogP contribution is -2.38. The van der Waals surface area contributed by atoms with Crippen LogP contribution in [0.1, 0.15) is 24.9 Å². The lowest BCUT2D eigenvalue weighted by Gasteiger charge is -2.17. The Hall–Kier alpha value is -2.63. The highest BCUT2D eigenvalue weighted by Crippen LogP contribution is 2.32. The minimum atomic E-state index is -0.179. The highest BCUT2D eigenvalue weighted by Gasteiger charge is 2.15. The summed E-state index contributed by atoms with van der Waals surface area (Å²) in [7, 11) is 0. The first-order chi connectivity index (χ1) is 11.7. The molecule has 1 aliphatic rings. The van der Waals surface area contributed by atoms with Crippen molar-refractivity contribution in [1.82, 2.24) is 15.2 Å². The van der Waals surface area contributed by atoms with Gasteiger partial charge in [-0.05, 0) is 36.8 Å². The zero-order chi connectivity index (χ0) is 16.8. The van der Waals surface area contributed by atoms with Crippen molar-refractivity contribution in [1.29, 1.82) is 0 Å². The van der Waals surface area contributed by atoms with Gasteiger partial charge in [-0.3, -0.25) is 0 Å². The van der Waals surface area contributed by atoms with Crippen LogP contribution in [0.2, 0.25) is 0 Å². The second kappa shape index (κ2) is 7.77. The number of nitrogens with zero attached hydrogens (tertiary/aromatic N) is 1. The van der Waals surface area contributed by atoms with Gasteiger partial charge in [0.05, 0.1) is 19.3 Å². The number of rotatable bonds is 5. The van der Waals surface area contributed by atoms with Crippen molar-refractivity contribution in [2.75, 3.05) is 19.8 Å². The van der Waals surface area contributed by atoms with Gasteiger partial charge in [0.25, 0.3) is 0 Å². The average molecular weight is 329 g/mol. The summed E-state index contributed by atoms with van der Waals surface area (Å²) in [5.41, 5.74) is 0.986. The van der Waals surface area contributed by atoms with Gasteiger partial charge in [-0.1, -0.05) is 6.07 Å². The van der Waals surface area contributed by atoms with E-state index in [1.165, 1.54) is 0 Å². The van der Waals surface area contributed by atoms with Gasteiger partial charge < -0.3 is 24.7 Å². The molecule has 6 heteroatoms. The SMILES string of the molecule is C[C@H](NC(=O)NCCn1cccc1)c1ccc2c(c1)OCCCO2. The summed E-state index contributed by atoms with van der Waals surface area (Å²) in [6.45, 7) is 4.60. The van der Waals surface area contributed by atoms with Gasteiger partial charge in [0.15, 0.2) is 11.5 Å². The highest BCUT2D eigenvalue weighted by molar-refractivity contribution is 5.74. The Kier molecular flexibility index (Phi) is 5.25. The molecule has 1 atom stereocenters. The number of nitrogens with one attached hydrogen (secondary N) is 2. The molecule has 0 saturated heterocycles. The first-order valence-corrected chi connectivity index (χ1v) is 8.27. The van der Waals surface area contributed by atoms with Crippen LogP contribution in [0.25, 0.3) is 0 Å². The molecule has 1 aliphatic heterocycles. The van der Waals surface area contributed by atoms with E-state index in [0.717, 1.165) is 30.0 Å². The lowest BCUT2D eigenvalue weighted by molar-refractivity contribution is 0.237.